The zero-order valence-corrected chi connectivity index (χ0v) is 12.7. The molecule has 0 saturated heterocycles. The summed E-state index contributed by atoms with van der Waals surface area (Å²) in [7, 11) is 1.66. The van der Waals surface area contributed by atoms with Crippen molar-refractivity contribution >= 4 is 27.5 Å². The molecule has 0 aromatic heterocycles. The summed E-state index contributed by atoms with van der Waals surface area (Å²) >= 11 is 9.53. The van der Waals surface area contributed by atoms with Crippen molar-refractivity contribution in [3.63, 3.8) is 0 Å². The second-order valence-electron chi connectivity index (χ2n) is 4.45. The molecule has 1 N–H and O–H groups in total. The van der Waals surface area contributed by atoms with Crippen LogP contribution in [-0.4, -0.2) is 18.8 Å². The highest BCUT2D eigenvalue weighted by molar-refractivity contribution is 9.10. The second-order valence-corrected chi connectivity index (χ2v) is 5.78. The van der Waals surface area contributed by atoms with E-state index in [0.29, 0.717) is 11.6 Å². The molecule has 0 amide bonds. The number of rotatable bonds is 5. The lowest BCUT2D eigenvalue weighted by molar-refractivity contribution is -0.0106. The highest BCUT2D eigenvalue weighted by Crippen LogP contribution is 2.36. The van der Waals surface area contributed by atoms with Crippen molar-refractivity contribution < 1.29 is 9.84 Å². The van der Waals surface area contributed by atoms with Gasteiger partial charge < -0.3 is 9.84 Å². The van der Waals surface area contributed by atoms with Crippen LogP contribution >= 0.6 is 27.5 Å². The minimum atomic E-state index is -0.948. The van der Waals surface area contributed by atoms with E-state index in [2.05, 4.69) is 15.9 Å². The Bertz CT molecular complexity index is 380. The predicted molar refractivity (Wildman–Crippen MR) is 74.4 cm³/mol. The molecular weight excluding hydrogens is 303 g/mol. The molecule has 2 unspecified atom stereocenters. The Hall–Kier alpha value is -0.0900. The lowest BCUT2D eigenvalue weighted by atomic mass is 9.82. The highest BCUT2D eigenvalue weighted by Gasteiger charge is 2.31. The lowest BCUT2D eigenvalue weighted by Gasteiger charge is -2.31. The molecule has 0 saturated carbocycles. The van der Waals surface area contributed by atoms with Gasteiger partial charge in [0.1, 0.15) is 0 Å². The number of ether oxygens (including phenoxy) is 1. The van der Waals surface area contributed by atoms with E-state index in [1.54, 1.807) is 20.1 Å². The standard InChI is InChI=1S/C13H18BrClO2/c1-9(6-7-17-3)13(2,16)11-5-4-10(14)8-12(11)15/h4-5,8-9,16H,6-7H2,1-3H3. The van der Waals surface area contributed by atoms with Gasteiger partial charge in [0.25, 0.3) is 0 Å². The van der Waals surface area contributed by atoms with Crippen LogP contribution in [-0.2, 0) is 10.3 Å². The first-order valence-electron chi connectivity index (χ1n) is 5.56. The fourth-order valence-electron chi connectivity index (χ4n) is 1.74. The molecule has 0 spiro atoms. The number of methoxy groups -OCH3 is 1. The van der Waals surface area contributed by atoms with E-state index in [-0.39, 0.29) is 5.92 Å². The molecule has 1 aromatic rings. The molecule has 4 heteroatoms. The van der Waals surface area contributed by atoms with Crippen LogP contribution in [0.25, 0.3) is 0 Å². The van der Waals surface area contributed by atoms with Crippen LogP contribution in [0.4, 0.5) is 0 Å². The summed E-state index contributed by atoms with van der Waals surface area (Å²) in [6.45, 7) is 4.42. The van der Waals surface area contributed by atoms with Crippen molar-refractivity contribution in [1.29, 1.82) is 0 Å². The van der Waals surface area contributed by atoms with Gasteiger partial charge in [-0.25, -0.2) is 0 Å². The molecule has 0 aliphatic rings. The van der Waals surface area contributed by atoms with Gasteiger partial charge in [0, 0.05) is 28.8 Å². The number of aliphatic hydroxyl groups is 1. The first-order chi connectivity index (χ1) is 7.89. The van der Waals surface area contributed by atoms with Crippen molar-refractivity contribution in [1.82, 2.24) is 0 Å². The highest BCUT2D eigenvalue weighted by atomic mass is 79.9. The molecule has 1 rings (SSSR count). The maximum atomic E-state index is 10.6. The van der Waals surface area contributed by atoms with Gasteiger partial charge in [-0.15, -0.1) is 0 Å². The maximum Gasteiger partial charge on any atom is 0.0909 e. The molecule has 2 atom stereocenters. The summed E-state index contributed by atoms with van der Waals surface area (Å²) in [4.78, 5) is 0. The lowest BCUT2D eigenvalue weighted by Crippen LogP contribution is -2.31. The topological polar surface area (TPSA) is 29.5 Å². The van der Waals surface area contributed by atoms with Gasteiger partial charge >= 0.3 is 0 Å². The van der Waals surface area contributed by atoms with Gasteiger partial charge in [-0.05, 0) is 31.4 Å². The average molecular weight is 322 g/mol. The molecule has 17 heavy (non-hydrogen) atoms. The predicted octanol–water partition coefficient (Wildman–Crippen LogP) is 3.98. The Balaban J connectivity index is 2.95. The largest absolute Gasteiger partial charge is 0.385 e. The summed E-state index contributed by atoms with van der Waals surface area (Å²) in [5.41, 5.74) is -0.193. The van der Waals surface area contributed by atoms with Crippen molar-refractivity contribution in [2.75, 3.05) is 13.7 Å². The van der Waals surface area contributed by atoms with E-state index in [1.165, 1.54) is 0 Å². The summed E-state index contributed by atoms with van der Waals surface area (Å²) in [6, 6.07) is 5.54. The van der Waals surface area contributed by atoms with Crippen molar-refractivity contribution in [2.45, 2.75) is 25.9 Å². The number of hydrogen-bond donors (Lipinski definition) is 1. The Morgan fingerprint density at radius 2 is 2.18 bits per heavy atom. The van der Waals surface area contributed by atoms with Crippen LogP contribution in [0.15, 0.2) is 22.7 Å². The summed E-state index contributed by atoms with van der Waals surface area (Å²) < 4.78 is 5.95. The van der Waals surface area contributed by atoms with Gasteiger partial charge in [0.05, 0.1) is 5.60 Å². The van der Waals surface area contributed by atoms with Gasteiger partial charge in [-0.1, -0.05) is 40.5 Å². The van der Waals surface area contributed by atoms with Gasteiger partial charge in [-0.3, -0.25) is 0 Å². The molecule has 0 heterocycles. The molecule has 0 bridgehead atoms. The zero-order valence-electron chi connectivity index (χ0n) is 10.3. The molecule has 1 aromatic carbocycles. The summed E-state index contributed by atoms with van der Waals surface area (Å²) in [6.07, 6.45) is 0.788. The quantitative estimate of drug-likeness (QED) is 0.889. The van der Waals surface area contributed by atoms with E-state index >= 15 is 0 Å². The summed E-state index contributed by atoms with van der Waals surface area (Å²) in [5, 5.41) is 11.2. The number of benzene rings is 1. The Morgan fingerprint density at radius 1 is 1.53 bits per heavy atom. The molecular formula is C13H18BrClO2. The van der Waals surface area contributed by atoms with E-state index < -0.39 is 5.60 Å². The number of hydrogen-bond acceptors (Lipinski definition) is 2. The third-order valence-corrected chi connectivity index (χ3v) is 4.00. The van der Waals surface area contributed by atoms with Crippen molar-refractivity contribution in [3.05, 3.63) is 33.3 Å². The van der Waals surface area contributed by atoms with Crippen LogP contribution in [0.1, 0.15) is 25.8 Å². The normalized spacial score (nSPS) is 16.6. The zero-order chi connectivity index (χ0) is 13.1. The first kappa shape index (κ1) is 15.0. The van der Waals surface area contributed by atoms with Crippen molar-refractivity contribution in [3.8, 4) is 0 Å². The third-order valence-electron chi connectivity index (χ3n) is 3.19. The van der Waals surface area contributed by atoms with Gasteiger partial charge in [0.2, 0.25) is 0 Å². The summed E-state index contributed by atoms with van der Waals surface area (Å²) in [5.74, 6) is 0.0705. The second kappa shape index (κ2) is 6.19. The Labute approximate surface area is 116 Å². The van der Waals surface area contributed by atoms with Crippen LogP contribution in [0, 0.1) is 5.92 Å². The molecule has 2 nitrogen and oxygen atoms in total. The molecule has 0 radical (unpaired) electrons. The van der Waals surface area contributed by atoms with E-state index in [4.69, 9.17) is 16.3 Å². The molecule has 96 valence electrons. The van der Waals surface area contributed by atoms with Gasteiger partial charge in [0.15, 0.2) is 0 Å². The van der Waals surface area contributed by atoms with Crippen LogP contribution in [0.3, 0.4) is 0 Å². The molecule has 0 aliphatic heterocycles. The molecule has 0 fully saturated rings. The fourth-order valence-corrected chi connectivity index (χ4v) is 2.61. The monoisotopic (exact) mass is 320 g/mol. The van der Waals surface area contributed by atoms with Crippen LogP contribution < -0.4 is 0 Å². The smallest absolute Gasteiger partial charge is 0.0909 e. The SMILES string of the molecule is COCCC(C)C(C)(O)c1ccc(Br)cc1Cl. The minimum absolute atomic E-state index is 0.0705. The average Bonchev–Trinajstić information content (AvgIpc) is 2.25. The third kappa shape index (κ3) is 3.68. The minimum Gasteiger partial charge on any atom is -0.385 e. The maximum absolute atomic E-state index is 10.6. The first-order valence-corrected chi connectivity index (χ1v) is 6.73. The van der Waals surface area contributed by atoms with Gasteiger partial charge in [-0.2, -0.15) is 0 Å². The number of halogens is 2. The van der Waals surface area contributed by atoms with Crippen molar-refractivity contribution in [2.24, 2.45) is 5.92 Å². The van der Waals surface area contributed by atoms with Crippen LogP contribution in [0.2, 0.25) is 5.02 Å². The molecule has 0 aliphatic carbocycles. The van der Waals surface area contributed by atoms with E-state index in [1.807, 2.05) is 19.1 Å². The Kier molecular flexibility index (Phi) is 5.45. The fraction of sp³-hybridized carbons (Fsp3) is 0.538. The van der Waals surface area contributed by atoms with E-state index in [9.17, 15) is 5.11 Å². The van der Waals surface area contributed by atoms with E-state index in [0.717, 1.165) is 16.5 Å². The Morgan fingerprint density at radius 3 is 2.71 bits per heavy atom. The van der Waals surface area contributed by atoms with Crippen LogP contribution in [0.5, 0.6) is 0 Å².